The van der Waals surface area contributed by atoms with Crippen LogP contribution in [-0.2, 0) is 16.6 Å². The first kappa shape index (κ1) is 23.7. The molecule has 0 spiro atoms. The summed E-state index contributed by atoms with van der Waals surface area (Å²) in [5.41, 5.74) is 2.66. The van der Waals surface area contributed by atoms with E-state index >= 15 is 0 Å². The average molecular weight is 486 g/mol. The molecule has 1 fully saturated rings. The van der Waals surface area contributed by atoms with Crippen molar-refractivity contribution in [3.63, 3.8) is 0 Å². The molecule has 0 aromatic heterocycles. The summed E-state index contributed by atoms with van der Waals surface area (Å²) in [5.74, 6) is -1.40. The molecule has 0 unspecified atom stereocenters. The smallest absolute Gasteiger partial charge is 0.320 e. The standard InChI is InChI=1S/C25H25F2N3O3S/c1-17-4-9-21(10-5-17)34(32,33)28-23-14-18(2)6-11-24(23)30-13-3-12-29(25(30)31)16-19-7-8-20(26)15-22(19)27/h4-11,14-15,28H,3,12-13,16H2,1-2H3. The van der Waals surface area contributed by atoms with Crippen LogP contribution in [0.1, 0.15) is 23.1 Å². The van der Waals surface area contributed by atoms with Crippen LogP contribution in [0.4, 0.5) is 25.0 Å². The predicted octanol–water partition coefficient (Wildman–Crippen LogP) is 5.21. The zero-order valence-corrected chi connectivity index (χ0v) is 19.7. The van der Waals surface area contributed by atoms with E-state index in [1.807, 2.05) is 13.8 Å². The third kappa shape index (κ3) is 5.04. The van der Waals surface area contributed by atoms with Crippen molar-refractivity contribution < 1.29 is 22.0 Å². The van der Waals surface area contributed by atoms with Crippen LogP contribution >= 0.6 is 0 Å². The first-order valence-electron chi connectivity index (χ1n) is 10.8. The van der Waals surface area contributed by atoms with E-state index in [-0.39, 0.29) is 28.7 Å². The molecule has 1 saturated heterocycles. The number of amides is 2. The van der Waals surface area contributed by atoms with Crippen molar-refractivity contribution >= 4 is 27.4 Å². The summed E-state index contributed by atoms with van der Waals surface area (Å²) in [6.07, 6.45) is 0.604. The largest absolute Gasteiger partial charge is 0.324 e. The Bertz CT molecular complexity index is 1330. The molecule has 0 aliphatic carbocycles. The van der Waals surface area contributed by atoms with E-state index in [0.29, 0.717) is 25.2 Å². The SMILES string of the molecule is Cc1ccc(S(=O)(=O)Nc2cc(C)ccc2N2CCCN(Cc3ccc(F)cc3F)C2=O)cc1. The fourth-order valence-electron chi connectivity index (χ4n) is 3.90. The molecule has 1 aliphatic heterocycles. The van der Waals surface area contributed by atoms with Gasteiger partial charge in [-0.05, 0) is 56.2 Å². The number of nitrogens with zero attached hydrogens (tertiary/aromatic N) is 2. The second-order valence-corrected chi connectivity index (χ2v) is 10.1. The molecule has 0 atom stereocenters. The van der Waals surface area contributed by atoms with Crippen LogP contribution in [0, 0.1) is 25.5 Å². The van der Waals surface area contributed by atoms with Crippen LogP contribution in [-0.4, -0.2) is 32.4 Å². The molecule has 34 heavy (non-hydrogen) atoms. The summed E-state index contributed by atoms with van der Waals surface area (Å²) >= 11 is 0. The molecule has 0 saturated carbocycles. The molecule has 4 rings (SSSR count). The molecule has 1 N–H and O–H groups in total. The van der Waals surface area contributed by atoms with Gasteiger partial charge in [0, 0.05) is 24.7 Å². The van der Waals surface area contributed by atoms with Crippen LogP contribution in [0.25, 0.3) is 0 Å². The number of hydrogen-bond donors (Lipinski definition) is 1. The van der Waals surface area contributed by atoms with E-state index in [4.69, 9.17) is 0 Å². The lowest BCUT2D eigenvalue weighted by atomic mass is 10.1. The highest BCUT2D eigenvalue weighted by atomic mass is 32.2. The molecular formula is C25H25F2N3O3S. The summed E-state index contributed by atoms with van der Waals surface area (Å²) in [4.78, 5) is 16.4. The van der Waals surface area contributed by atoms with Gasteiger partial charge in [-0.3, -0.25) is 9.62 Å². The average Bonchev–Trinajstić information content (AvgIpc) is 2.77. The van der Waals surface area contributed by atoms with Gasteiger partial charge in [0.25, 0.3) is 10.0 Å². The Morgan fingerprint density at radius 1 is 0.912 bits per heavy atom. The van der Waals surface area contributed by atoms with Crippen molar-refractivity contribution in [3.8, 4) is 0 Å². The summed E-state index contributed by atoms with van der Waals surface area (Å²) in [7, 11) is -3.88. The molecule has 2 amide bonds. The van der Waals surface area contributed by atoms with Gasteiger partial charge in [0.15, 0.2) is 0 Å². The number of carbonyl (C=O) groups is 1. The Balaban J connectivity index is 1.62. The van der Waals surface area contributed by atoms with Gasteiger partial charge in [-0.15, -0.1) is 0 Å². The molecule has 9 heteroatoms. The summed E-state index contributed by atoms with van der Waals surface area (Å²) < 4.78 is 56.1. The van der Waals surface area contributed by atoms with Crippen molar-refractivity contribution in [3.05, 3.63) is 89.0 Å². The van der Waals surface area contributed by atoms with E-state index in [0.717, 1.165) is 23.3 Å². The van der Waals surface area contributed by atoms with Crippen molar-refractivity contribution in [2.24, 2.45) is 0 Å². The lowest BCUT2D eigenvalue weighted by Crippen LogP contribution is -2.49. The molecule has 3 aromatic rings. The fraction of sp³-hybridized carbons (Fsp3) is 0.240. The highest BCUT2D eigenvalue weighted by Crippen LogP contribution is 2.32. The van der Waals surface area contributed by atoms with Crippen LogP contribution in [0.5, 0.6) is 0 Å². The Labute approximate surface area is 197 Å². The number of nitrogens with one attached hydrogen (secondary N) is 1. The Morgan fingerprint density at radius 3 is 2.32 bits per heavy atom. The second kappa shape index (κ2) is 9.42. The van der Waals surface area contributed by atoms with Gasteiger partial charge in [0.1, 0.15) is 11.6 Å². The maximum Gasteiger partial charge on any atom is 0.324 e. The molecule has 0 bridgehead atoms. The van der Waals surface area contributed by atoms with Gasteiger partial charge < -0.3 is 4.90 Å². The molecule has 3 aromatic carbocycles. The Hall–Kier alpha value is -3.46. The van der Waals surface area contributed by atoms with E-state index in [1.54, 1.807) is 30.3 Å². The maximum absolute atomic E-state index is 14.2. The number of hydrogen-bond acceptors (Lipinski definition) is 3. The first-order valence-corrected chi connectivity index (χ1v) is 12.3. The van der Waals surface area contributed by atoms with Crippen molar-refractivity contribution in [2.75, 3.05) is 22.7 Å². The maximum atomic E-state index is 14.2. The number of urea groups is 1. The minimum absolute atomic E-state index is 0.0161. The lowest BCUT2D eigenvalue weighted by molar-refractivity contribution is 0.192. The van der Waals surface area contributed by atoms with Gasteiger partial charge >= 0.3 is 6.03 Å². The number of aryl methyl sites for hydroxylation is 2. The molecule has 1 aliphatic rings. The summed E-state index contributed by atoms with van der Waals surface area (Å²) in [6.45, 7) is 4.47. The third-order valence-corrected chi connectivity index (χ3v) is 7.09. The van der Waals surface area contributed by atoms with E-state index < -0.39 is 21.7 Å². The Morgan fingerprint density at radius 2 is 1.62 bits per heavy atom. The van der Waals surface area contributed by atoms with E-state index in [1.165, 1.54) is 28.0 Å². The first-order chi connectivity index (χ1) is 16.1. The molecule has 1 heterocycles. The minimum atomic E-state index is -3.88. The number of halogens is 2. The molecule has 6 nitrogen and oxygen atoms in total. The van der Waals surface area contributed by atoms with Crippen LogP contribution in [0.15, 0.2) is 65.6 Å². The number of carbonyl (C=O) groups excluding carboxylic acids is 1. The fourth-order valence-corrected chi connectivity index (χ4v) is 4.96. The zero-order chi connectivity index (χ0) is 24.5. The van der Waals surface area contributed by atoms with Crippen molar-refractivity contribution in [1.29, 1.82) is 0 Å². The number of anilines is 2. The number of sulfonamides is 1. The van der Waals surface area contributed by atoms with Crippen molar-refractivity contribution in [2.45, 2.75) is 31.7 Å². The van der Waals surface area contributed by atoms with Gasteiger partial charge in [-0.25, -0.2) is 22.0 Å². The topological polar surface area (TPSA) is 69.7 Å². The van der Waals surface area contributed by atoms with Crippen LogP contribution < -0.4 is 9.62 Å². The lowest BCUT2D eigenvalue weighted by Gasteiger charge is -2.36. The quantitative estimate of drug-likeness (QED) is 0.521. The molecule has 178 valence electrons. The highest BCUT2D eigenvalue weighted by molar-refractivity contribution is 7.92. The molecule has 0 radical (unpaired) electrons. The second-order valence-electron chi connectivity index (χ2n) is 8.38. The van der Waals surface area contributed by atoms with Gasteiger partial charge in [0.05, 0.1) is 22.8 Å². The summed E-state index contributed by atoms with van der Waals surface area (Å²) in [6, 6.07) is 14.5. The van der Waals surface area contributed by atoms with E-state index in [2.05, 4.69) is 4.72 Å². The van der Waals surface area contributed by atoms with Gasteiger partial charge in [-0.2, -0.15) is 0 Å². The Kier molecular flexibility index (Phi) is 6.56. The predicted molar refractivity (Wildman–Crippen MR) is 127 cm³/mol. The highest BCUT2D eigenvalue weighted by Gasteiger charge is 2.30. The van der Waals surface area contributed by atoms with Crippen LogP contribution in [0.2, 0.25) is 0 Å². The number of benzene rings is 3. The van der Waals surface area contributed by atoms with Gasteiger partial charge in [0.2, 0.25) is 0 Å². The van der Waals surface area contributed by atoms with Gasteiger partial charge in [-0.1, -0.05) is 29.8 Å². The zero-order valence-electron chi connectivity index (χ0n) is 18.9. The van der Waals surface area contributed by atoms with Crippen molar-refractivity contribution in [1.82, 2.24) is 4.90 Å². The number of rotatable bonds is 6. The minimum Gasteiger partial charge on any atom is -0.320 e. The molecular weight excluding hydrogens is 460 g/mol. The van der Waals surface area contributed by atoms with Crippen LogP contribution in [0.3, 0.4) is 0 Å². The third-order valence-electron chi connectivity index (χ3n) is 5.71. The monoisotopic (exact) mass is 485 g/mol. The normalized spacial score (nSPS) is 14.4. The van der Waals surface area contributed by atoms with E-state index in [9.17, 15) is 22.0 Å². The summed E-state index contributed by atoms with van der Waals surface area (Å²) in [5, 5.41) is 0.